The van der Waals surface area contributed by atoms with Crippen molar-refractivity contribution in [1.82, 2.24) is 0 Å². The van der Waals surface area contributed by atoms with Crippen molar-refractivity contribution in [2.75, 3.05) is 0 Å². The number of hydrogen-bond donors (Lipinski definition) is 1. The normalized spacial score (nSPS) is 37.3. The maximum atomic E-state index is 10.5. The fraction of sp³-hybridized carbons (Fsp3) is 1.00. The van der Waals surface area contributed by atoms with E-state index in [9.17, 15) is 10.1 Å². The molecule has 2 N–H and O–H groups in total. The molecular formula is C8H16N2O2. The SMILES string of the molecule is CC1CCC([N+](=O)[O-])CC(N)C1. The smallest absolute Gasteiger partial charge is 0.214 e. The Kier molecular flexibility index (Phi) is 3.03. The highest BCUT2D eigenvalue weighted by atomic mass is 16.6. The highest BCUT2D eigenvalue weighted by Crippen LogP contribution is 2.23. The highest BCUT2D eigenvalue weighted by molar-refractivity contribution is 4.76. The molecule has 3 unspecified atom stereocenters. The van der Waals surface area contributed by atoms with Crippen molar-refractivity contribution in [2.24, 2.45) is 11.7 Å². The molecule has 0 aromatic carbocycles. The Morgan fingerprint density at radius 1 is 1.42 bits per heavy atom. The van der Waals surface area contributed by atoms with Crippen LogP contribution in [-0.4, -0.2) is 17.0 Å². The van der Waals surface area contributed by atoms with Crippen LogP contribution < -0.4 is 5.73 Å². The molecule has 1 rings (SSSR count). The van der Waals surface area contributed by atoms with E-state index in [2.05, 4.69) is 6.92 Å². The van der Waals surface area contributed by atoms with Gasteiger partial charge in [0.15, 0.2) is 0 Å². The number of hydrogen-bond acceptors (Lipinski definition) is 3. The van der Waals surface area contributed by atoms with Crippen LogP contribution in [0, 0.1) is 16.0 Å². The summed E-state index contributed by atoms with van der Waals surface area (Å²) in [7, 11) is 0. The van der Waals surface area contributed by atoms with Crippen molar-refractivity contribution in [1.29, 1.82) is 0 Å². The number of nitrogens with two attached hydrogens (primary N) is 1. The molecule has 1 saturated carbocycles. The first-order valence-electron chi connectivity index (χ1n) is 4.48. The van der Waals surface area contributed by atoms with Gasteiger partial charge < -0.3 is 5.73 Å². The van der Waals surface area contributed by atoms with Crippen LogP contribution in [0.5, 0.6) is 0 Å². The van der Waals surface area contributed by atoms with Crippen molar-refractivity contribution in [3.8, 4) is 0 Å². The van der Waals surface area contributed by atoms with Crippen LogP contribution in [0.4, 0.5) is 0 Å². The average molecular weight is 172 g/mol. The molecule has 1 aliphatic rings. The summed E-state index contributed by atoms with van der Waals surface area (Å²) < 4.78 is 0. The largest absolute Gasteiger partial charge is 0.327 e. The molecule has 0 amide bonds. The maximum Gasteiger partial charge on any atom is 0.214 e. The van der Waals surface area contributed by atoms with E-state index >= 15 is 0 Å². The summed E-state index contributed by atoms with van der Waals surface area (Å²) in [6.45, 7) is 2.11. The van der Waals surface area contributed by atoms with Gasteiger partial charge in [0.25, 0.3) is 0 Å². The monoisotopic (exact) mass is 172 g/mol. The zero-order valence-electron chi connectivity index (χ0n) is 7.40. The first-order valence-corrected chi connectivity index (χ1v) is 4.48. The van der Waals surface area contributed by atoms with Crippen LogP contribution in [0.25, 0.3) is 0 Å². The molecule has 0 aliphatic heterocycles. The Labute approximate surface area is 72.3 Å². The van der Waals surface area contributed by atoms with Crippen molar-refractivity contribution < 1.29 is 4.92 Å². The summed E-state index contributed by atoms with van der Waals surface area (Å²) >= 11 is 0. The van der Waals surface area contributed by atoms with Gasteiger partial charge in [-0.15, -0.1) is 0 Å². The predicted molar refractivity (Wildman–Crippen MR) is 46.4 cm³/mol. The van der Waals surface area contributed by atoms with E-state index in [0.29, 0.717) is 18.8 Å². The lowest BCUT2D eigenvalue weighted by molar-refractivity contribution is -0.524. The van der Waals surface area contributed by atoms with Gasteiger partial charge in [0.2, 0.25) is 6.04 Å². The van der Waals surface area contributed by atoms with Gasteiger partial charge in [0.05, 0.1) is 0 Å². The van der Waals surface area contributed by atoms with Gasteiger partial charge in [-0.2, -0.15) is 0 Å². The van der Waals surface area contributed by atoms with E-state index in [0.717, 1.165) is 12.8 Å². The van der Waals surface area contributed by atoms with Gasteiger partial charge in [-0.25, -0.2) is 0 Å². The summed E-state index contributed by atoms with van der Waals surface area (Å²) in [5, 5.41) is 10.5. The summed E-state index contributed by atoms with van der Waals surface area (Å²) in [4.78, 5) is 10.3. The van der Waals surface area contributed by atoms with Gasteiger partial charge in [-0.05, 0) is 18.8 Å². The molecule has 1 aliphatic carbocycles. The topological polar surface area (TPSA) is 69.2 Å². The Morgan fingerprint density at radius 2 is 2.08 bits per heavy atom. The third-order valence-corrected chi connectivity index (χ3v) is 2.57. The summed E-state index contributed by atoms with van der Waals surface area (Å²) in [6, 6.07) is -0.372. The minimum Gasteiger partial charge on any atom is -0.327 e. The Morgan fingerprint density at radius 3 is 2.67 bits per heavy atom. The molecular weight excluding hydrogens is 156 g/mol. The minimum atomic E-state index is -0.398. The second-order valence-electron chi connectivity index (χ2n) is 3.85. The van der Waals surface area contributed by atoms with E-state index < -0.39 is 6.04 Å². The average Bonchev–Trinajstić information content (AvgIpc) is 2.11. The fourth-order valence-corrected chi connectivity index (χ4v) is 1.87. The second-order valence-corrected chi connectivity index (χ2v) is 3.85. The van der Waals surface area contributed by atoms with Gasteiger partial charge >= 0.3 is 0 Å². The minimum absolute atomic E-state index is 0.0258. The summed E-state index contributed by atoms with van der Waals surface area (Å²) in [5.41, 5.74) is 5.75. The van der Waals surface area contributed by atoms with Crippen LogP contribution >= 0.6 is 0 Å². The first-order chi connectivity index (χ1) is 5.59. The lowest BCUT2D eigenvalue weighted by Gasteiger charge is -2.10. The number of nitrogens with zero attached hydrogens (tertiary/aromatic N) is 1. The van der Waals surface area contributed by atoms with Crippen molar-refractivity contribution in [3.05, 3.63) is 10.1 Å². The standard InChI is InChI=1S/C8H16N2O2/c1-6-2-3-8(10(11)12)5-7(9)4-6/h6-8H,2-5,9H2,1H3. The van der Waals surface area contributed by atoms with E-state index in [1.807, 2.05) is 0 Å². The van der Waals surface area contributed by atoms with Crippen LogP contribution in [0.1, 0.15) is 32.6 Å². The summed E-state index contributed by atoms with van der Waals surface area (Å²) in [5.74, 6) is 0.546. The van der Waals surface area contributed by atoms with Crippen LogP contribution in [0.3, 0.4) is 0 Å². The van der Waals surface area contributed by atoms with Gasteiger partial charge in [-0.1, -0.05) is 6.92 Å². The highest BCUT2D eigenvalue weighted by Gasteiger charge is 2.28. The quantitative estimate of drug-likeness (QED) is 0.366. The molecule has 70 valence electrons. The zero-order valence-corrected chi connectivity index (χ0v) is 7.40. The second kappa shape index (κ2) is 3.85. The molecule has 12 heavy (non-hydrogen) atoms. The van der Waals surface area contributed by atoms with Crippen LogP contribution in [0.15, 0.2) is 0 Å². The van der Waals surface area contributed by atoms with E-state index in [-0.39, 0.29) is 11.0 Å². The molecule has 0 heterocycles. The van der Waals surface area contributed by atoms with Gasteiger partial charge in [0, 0.05) is 23.8 Å². The lowest BCUT2D eigenvalue weighted by atomic mass is 10.0. The molecule has 0 bridgehead atoms. The van der Waals surface area contributed by atoms with Crippen LogP contribution in [-0.2, 0) is 0 Å². The third kappa shape index (κ3) is 2.44. The van der Waals surface area contributed by atoms with Crippen molar-refractivity contribution in [3.63, 3.8) is 0 Å². The molecule has 0 radical (unpaired) electrons. The van der Waals surface area contributed by atoms with Crippen molar-refractivity contribution in [2.45, 2.75) is 44.7 Å². The molecule has 0 saturated heterocycles. The van der Waals surface area contributed by atoms with E-state index in [1.54, 1.807) is 0 Å². The fourth-order valence-electron chi connectivity index (χ4n) is 1.87. The van der Waals surface area contributed by atoms with Gasteiger partial charge in [-0.3, -0.25) is 10.1 Å². The lowest BCUT2D eigenvalue weighted by Crippen LogP contribution is -2.28. The molecule has 3 atom stereocenters. The van der Waals surface area contributed by atoms with E-state index in [1.165, 1.54) is 0 Å². The molecule has 4 heteroatoms. The summed E-state index contributed by atoms with van der Waals surface area (Å²) in [6.07, 6.45) is 3.13. The van der Waals surface area contributed by atoms with Crippen molar-refractivity contribution >= 4 is 0 Å². The van der Waals surface area contributed by atoms with Crippen LogP contribution in [0.2, 0.25) is 0 Å². The Bertz CT molecular complexity index is 172. The Hall–Kier alpha value is -0.640. The molecule has 0 aromatic heterocycles. The molecule has 0 spiro atoms. The third-order valence-electron chi connectivity index (χ3n) is 2.57. The molecule has 1 fully saturated rings. The number of nitro groups is 1. The molecule has 4 nitrogen and oxygen atoms in total. The predicted octanol–water partition coefficient (Wildman–Crippen LogP) is 1.17. The van der Waals surface area contributed by atoms with E-state index in [4.69, 9.17) is 5.73 Å². The Balaban J connectivity index is 2.52. The first kappa shape index (κ1) is 9.45. The zero-order chi connectivity index (χ0) is 9.14. The molecule has 0 aromatic rings. The van der Waals surface area contributed by atoms with Gasteiger partial charge in [0.1, 0.15) is 0 Å². The number of rotatable bonds is 1. The maximum absolute atomic E-state index is 10.5.